The van der Waals surface area contributed by atoms with E-state index in [1.54, 1.807) is 0 Å². The second kappa shape index (κ2) is 5.88. The molecule has 7 nitrogen and oxygen atoms in total. The zero-order valence-electron chi connectivity index (χ0n) is 15.7. The molecule has 3 fully saturated rings. The molecule has 0 spiro atoms. The molecule has 0 radical (unpaired) electrons. The van der Waals surface area contributed by atoms with Gasteiger partial charge in [-0.15, -0.1) is 0 Å². The van der Waals surface area contributed by atoms with Crippen molar-refractivity contribution in [1.82, 2.24) is 25.2 Å². The fourth-order valence-electron chi connectivity index (χ4n) is 4.16. The number of urea groups is 1. The molecule has 2 saturated carbocycles. The minimum absolute atomic E-state index is 0.0867. The average Bonchev–Trinajstić information content (AvgIpc) is 3.55. The Morgan fingerprint density at radius 2 is 1.61 bits per heavy atom. The number of imide groups is 1. The van der Waals surface area contributed by atoms with Gasteiger partial charge < -0.3 is 5.32 Å². The Kier molecular flexibility index (Phi) is 3.81. The summed E-state index contributed by atoms with van der Waals surface area (Å²) in [5.41, 5.74) is -5.52. The Labute approximate surface area is 170 Å². The second-order valence-corrected chi connectivity index (χ2v) is 8.29. The number of carbonyl (C=O) groups is 2. The molecule has 3 aliphatic rings. The predicted molar refractivity (Wildman–Crippen MR) is 91.2 cm³/mol. The van der Waals surface area contributed by atoms with Crippen LogP contribution < -0.4 is 10.6 Å². The third-order valence-corrected chi connectivity index (χ3v) is 6.41. The highest BCUT2D eigenvalue weighted by Gasteiger charge is 2.67. The molecule has 31 heavy (non-hydrogen) atoms. The van der Waals surface area contributed by atoms with Gasteiger partial charge in [-0.05, 0) is 31.7 Å². The normalized spacial score (nSPS) is 24.6. The molecule has 2 aromatic heterocycles. The van der Waals surface area contributed by atoms with Crippen molar-refractivity contribution < 1.29 is 35.9 Å². The topological polar surface area (TPSA) is 88.4 Å². The third-order valence-electron chi connectivity index (χ3n) is 6.41. The maximum atomic E-state index is 13.9. The average molecular weight is 447 g/mol. The van der Waals surface area contributed by atoms with Crippen molar-refractivity contribution in [3.05, 3.63) is 29.2 Å². The van der Waals surface area contributed by atoms with Gasteiger partial charge in [0.25, 0.3) is 0 Å². The summed E-state index contributed by atoms with van der Waals surface area (Å²) in [7, 11) is 0. The number of carbonyl (C=O) groups excluding carboxylic acids is 2. The first kappa shape index (κ1) is 20.1. The van der Waals surface area contributed by atoms with Crippen molar-refractivity contribution >= 4 is 17.6 Å². The number of halogens is 6. The molecule has 1 unspecified atom stereocenters. The molecule has 13 heteroatoms. The molecule has 0 aromatic carbocycles. The van der Waals surface area contributed by atoms with Crippen LogP contribution in [0.4, 0.5) is 31.1 Å². The van der Waals surface area contributed by atoms with Crippen molar-refractivity contribution in [2.24, 2.45) is 0 Å². The van der Waals surface area contributed by atoms with Crippen LogP contribution in [0, 0.1) is 0 Å². The number of nitrogens with one attached hydrogen (secondary N) is 2. The summed E-state index contributed by atoms with van der Waals surface area (Å²) >= 11 is 0. The largest absolute Gasteiger partial charge is 0.400 e. The van der Waals surface area contributed by atoms with E-state index < -0.39 is 41.0 Å². The molecule has 1 saturated heterocycles. The summed E-state index contributed by atoms with van der Waals surface area (Å²) in [6, 6.07) is 0.337. The van der Waals surface area contributed by atoms with Crippen LogP contribution in [0.15, 0.2) is 12.3 Å². The Balaban J connectivity index is 1.69. The molecule has 5 rings (SSSR count). The molecular weight excluding hydrogens is 432 g/mol. The zero-order chi connectivity index (χ0) is 22.4. The lowest BCUT2D eigenvalue weighted by molar-refractivity contribution is -0.162. The van der Waals surface area contributed by atoms with Gasteiger partial charge in [-0.1, -0.05) is 0 Å². The van der Waals surface area contributed by atoms with Crippen molar-refractivity contribution in [1.29, 1.82) is 0 Å². The molecule has 3 heterocycles. The lowest BCUT2D eigenvalue weighted by atomic mass is 9.93. The first-order valence-corrected chi connectivity index (χ1v) is 9.51. The molecule has 3 amide bonds. The highest BCUT2D eigenvalue weighted by molar-refractivity contribution is 6.00. The number of rotatable bonds is 3. The summed E-state index contributed by atoms with van der Waals surface area (Å²) in [6.45, 7) is -0.199. The molecule has 1 aliphatic heterocycles. The lowest BCUT2D eigenvalue weighted by Crippen LogP contribution is -2.51. The van der Waals surface area contributed by atoms with Crippen LogP contribution in [-0.4, -0.2) is 45.4 Å². The maximum absolute atomic E-state index is 13.9. The van der Waals surface area contributed by atoms with Gasteiger partial charge in [0.15, 0.2) is 5.65 Å². The second-order valence-electron chi connectivity index (χ2n) is 8.29. The Bertz CT molecular complexity index is 1110. The van der Waals surface area contributed by atoms with Gasteiger partial charge in [0, 0.05) is 12.1 Å². The quantitative estimate of drug-likeness (QED) is 0.709. The van der Waals surface area contributed by atoms with E-state index in [2.05, 4.69) is 15.4 Å². The van der Waals surface area contributed by atoms with E-state index in [1.807, 2.05) is 5.32 Å². The number of hydrogen-bond acceptors (Lipinski definition) is 4. The molecular formula is C18H15F6N5O2. The Morgan fingerprint density at radius 3 is 2.13 bits per heavy atom. The van der Waals surface area contributed by atoms with Crippen LogP contribution in [-0.2, 0) is 15.6 Å². The SMILES string of the molecule is O=C1NCC(c2cc(C3(C(F)(F)F)CC3)c3nc(C4(C(F)(F)F)CC4)cn3n2)C(=O)N1. The number of imidazole rings is 1. The smallest absolute Gasteiger partial charge is 0.337 e. The van der Waals surface area contributed by atoms with Gasteiger partial charge in [-0.25, -0.2) is 14.3 Å². The van der Waals surface area contributed by atoms with Crippen molar-refractivity contribution in [3.63, 3.8) is 0 Å². The van der Waals surface area contributed by atoms with Crippen LogP contribution in [0.3, 0.4) is 0 Å². The van der Waals surface area contributed by atoms with E-state index in [4.69, 9.17) is 0 Å². The number of aromatic nitrogens is 3. The zero-order valence-corrected chi connectivity index (χ0v) is 15.7. The van der Waals surface area contributed by atoms with E-state index >= 15 is 0 Å². The van der Waals surface area contributed by atoms with E-state index in [1.165, 1.54) is 0 Å². The molecule has 0 bridgehead atoms. The van der Waals surface area contributed by atoms with Gasteiger partial charge >= 0.3 is 18.4 Å². The van der Waals surface area contributed by atoms with Crippen molar-refractivity contribution in [3.8, 4) is 0 Å². The maximum Gasteiger partial charge on any atom is 0.400 e. The monoisotopic (exact) mass is 447 g/mol. The van der Waals surface area contributed by atoms with Crippen LogP contribution in [0.1, 0.15) is 48.6 Å². The van der Waals surface area contributed by atoms with Crippen molar-refractivity contribution in [2.75, 3.05) is 6.54 Å². The standard InChI is InChI=1S/C18H15F6N5O2/c19-17(20,21)15(1-2-15)9-5-10(8-6-25-14(31)27-13(8)30)28-29-7-11(26-12(9)29)16(3-4-16)18(22,23)24/h5,7-8H,1-4,6H2,(H2,25,27,30,31). The van der Waals surface area contributed by atoms with E-state index in [-0.39, 0.29) is 54.8 Å². The first-order valence-electron chi connectivity index (χ1n) is 9.51. The predicted octanol–water partition coefficient (Wildman–Crippen LogP) is 2.84. The highest BCUT2D eigenvalue weighted by Crippen LogP contribution is 2.61. The van der Waals surface area contributed by atoms with Crippen LogP contribution >= 0.6 is 0 Å². The summed E-state index contributed by atoms with van der Waals surface area (Å²) in [4.78, 5) is 27.5. The lowest BCUT2D eigenvalue weighted by Gasteiger charge is -2.24. The highest BCUT2D eigenvalue weighted by atomic mass is 19.4. The Morgan fingerprint density at radius 1 is 1.00 bits per heavy atom. The van der Waals surface area contributed by atoms with Gasteiger partial charge in [0.05, 0.1) is 28.9 Å². The number of alkyl halides is 6. The molecule has 2 aromatic rings. The minimum atomic E-state index is -4.65. The summed E-state index contributed by atoms with van der Waals surface area (Å²) < 4.78 is 83.2. The third kappa shape index (κ3) is 2.81. The first-order chi connectivity index (χ1) is 14.4. The molecule has 2 N–H and O–H groups in total. The molecule has 1 atom stereocenters. The summed E-state index contributed by atoms with van der Waals surface area (Å²) in [6.07, 6.45) is -9.14. The molecule has 2 aliphatic carbocycles. The van der Waals surface area contributed by atoms with Gasteiger partial charge in [-0.2, -0.15) is 31.4 Å². The fourth-order valence-corrected chi connectivity index (χ4v) is 4.16. The van der Waals surface area contributed by atoms with E-state index in [0.29, 0.717) is 0 Å². The number of nitrogens with zero attached hydrogens (tertiary/aromatic N) is 3. The fraction of sp³-hybridized carbons (Fsp3) is 0.556. The van der Waals surface area contributed by atoms with Gasteiger partial charge in [0.2, 0.25) is 5.91 Å². The minimum Gasteiger partial charge on any atom is -0.337 e. The summed E-state index contributed by atoms with van der Waals surface area (Å²) in [5.74, 6) is -1.85. The van der Waals surface area contributed by atoms with E-state index in [9.17, 15) is 35.9 Å². The molecule has 166 valence electrons. The van der Waals surface area contributed by atoms with Crippen LogP contribution in [0.2, 0.25) is 0 Å². The van der Waals surface area contributed by atoms with Crippen LogP contribution in [0.25, 0.3) is 5.65 Å². The summed E-state index contributed by atoms with van der Waals surface area (Å²) in [5, 5.41) is 8.49. The van der Waals surface area contributed by atoms with E-state index in [0.717, 1.165) is 16.8 Å². The Hall–Kier alpha value is -2.86. The van der Waals surface area contributed by atoms with Crippen molar-refractivity contribution in [2.45, 2.75) is 54.8 Å². The van der Waals surface area contributed by atoms with Gasteiger partial charge in [0.1, 0.15) is 5.41 Å². The van der Waals surface area contributed by atoms with Gasteiger partial charge in [-0.3, -0.25) is 10.1 Å². The number of amides is 3. The van der Waals surface area contributed by atoms with Crippen LogP contribution in [0.5, 0.6) is 0 Å². The number of fused-ring (bicyclic) bond motifs is 1. The number of hydrogen-bond donors (Lipinski definition) is 2.